The molecule has 0 aliphatic rings. The van der Waals surface area contributed by atoms with Gasteiger partial charge in [-0.2, -0.15) is 0 Å². The fraction of sp³-hybridized carbons (Fsp3) is 0.833. The molecule has 73 valence electrons. The van der Waals surface area contributed by atoms with Crippen molar-refractivity contribution in [1.82, 2.24) is 0 Å². The van der Waals surface area contributed by atoms with Crippen LogP contribution in [0.25, 0.3) is 0 Å². The molecule has 0 saturated heterocycles. The number of hydrogen-bond donors (Lipinski definition) is 0. The summed E-state index contributed by atoms with van der Waals surface area (Å²) in [4.78, 5) is 0. The van der Waals surface area contributed by atoms with Crippen LogP contribution in [0.15, 0.2) is 0 Å². The monoisotopic (exact) mass is 177 g/mol. The van der Waals surface area contributed by atoms with E-state index in [9.17, 15) is 0 Å². The minimum absolute atomic E-state index is 0.527. The van der Waals surface area contributed by atoms with Crippen LogP contribution in [-0.4, -0.2) is 7.28 Å². The lowest BCUT2D eigenvalue weighted by Crippen LogP contribution is -1.94. The van der Waals surface area contributed by atoms with Gasteiger partial charge in [-0.3, -0.25) is 0 Å². The van der Waals surface area contributed by atoms with Gasteiger partial charge in [0.15, 0.2) is 0 Å². The lowest BCUT2D eigenvalue weighted by atomic mass is 9.66. The predicted molar refractivity (Wildman–Crippen MR) is 62.1 cm³/mol. The summed E-state index contributed by atoms with van der Waals surface area (Å²) in [6.45, 7) is 8.79. The molecular formula is C12H22B. The van der Waals surface area contributed by atoms with Gasteiger partial charge >= 0.3 is 0 Å². The molecule has 0 unspecified atom stereocenters. The molecule has 0 spiro atoms. The molecule has 0 heterocycles. The Morgan fingerprint density at radius 2 is 1.85 bits per heavy atom. The molecule has 0 aliphatic carbocycles. The Morgan fingerprint density at radius 1 is 1.15 bits per heavy atom. The van der Waals surface area contributed by atoms with Crippen molar-refractivity contribution in [3.8, 4) is 11.8 Å². The normalized spacial score (nSPS) is 10.0. The molecule has 0 saturated carbocycles. The summed E-state index contributed by atoms with van der Waals surface area (Å²) in [5, 5.41) is 0. The maximum absolute atomic E-state index is 3.20. The highest BCUT2D eigenvalue weighted by atomic mass is 13.9. The number of unbranched alkanes of at least 4 members (excludes halogenated alkanes) is 1. The molecule has 13 heavy (non-hydrogen) atoms. The van der Waals surface area contributed by atoms with Crippen molar-refractivity contribution in [2.24, 2.45) is 11.8 Å². The van der Waals surface area contributed by atoms with E-state index in [1.165, 1.54) is 19.1 Å². The molecule has 0 amide bonds. The average Bonchev–Trinajstić information content (AvgIpc) is 2.01. The van der Waals surface area contributed by atoms with E-state index in [0.717, 1.165) is 12.3 Å². The molecule has 0 fully saturated rings. The van der Waals surface area contributed by atoms with Gasteiger partial charge in [-0.1, -0.05) is 46.3 Å². The highest BCUT2D eigenvalue weighted by Gasteiger charge is 1.94. The van der Waals surface area contributed by atoms with Crippen LogP contribution < -0.4 is 0 Å². The standard InChI is InChI=1S/C12H22B/c1-11(2)8-6-5-7-9-13-10-12(3)4/h11-12H,5,7,9-10H2,1-4H3. The molecule has 0 aromatic rings. The van der Waals surface area contributed by atoms with Gasteiger partial charge in [0, 0.05) is 12.3 Å². The maximum atomic E-state index is 3.20. The third-order valence-corrected chi connectivity index (χ3v) is 1.74. The second-order valence-corrected chi connectivity index (χ2v) is 4.29. The highest BCUT2D eigenvalue weighted by Crippen LogP contribution is 2.03. The van der Waals surface area contributed by atoms with E-state index < -0.39 is 0 Å². The van der Waals surface area contributed by atoms with Crippen molar-refractivity contribution in [3.05, 3.63) is 0 Å². The summed E-state index contributed by atoms with van der Waals surface area (Å²) in [6, 6.07) is 0. The summed E-state index contributed by atoms with van der Waals surface area (Å²) in [7, 11) is 2.39. The molecule has 0 N–H and O–H groups in total. The Labute approximate surface area is 84.7 Å². The van der Waals surface area contributed by atoms with Gasteiger partial charge in [0.1, 0.15) is 7.28 Å². The minimum Gasteiger partial charge on any atom is -0.103 e. The van der Waals surface area contributed by atoms with E-state index in [2.05, 4.69) is 46.8 Å². The zero-order valence-electron chi connectivity index (χ0n) is 9.56. The molecule has 0 rings (SSSR count). The quantitative estimate of drug-likeness (QED) is 0.341. The first-order valence-electron chi connectivity index (χ1n) is 5.43. The van der Waals surface area contributed by atoms with Gasteiger partial charge in [0.25, 0.3) is 0 Å². The second-order valence-electron chi connectivity index (χ2n) is 4.29. The van der Waals surface area contributed by atoms with E-state index in [4.69, 9.17) is 0 Å². The van der Waals surface area contributed by atoms with Crippen LogP contribution in [-0.2, 0) is 0 Å². The molecule has 0 nitrogen and oxygen atoms in total. The largest absolute Gasteiger partial charge is 0.109 e. The van der Waals surface area contributed by atoms with Crippen LogP contribution in [0.5, 0.6) is 0 Å². The zero-order chi connectivity index (χ0) is 10.1. The third-order valence-electron chi connectivity index (χ3n) is 1.74. The topological polar surface area (TPSA) is 0 Å². The van der Waals surface area contributed by atoms with Crippen LogP contribution in [0.3, 0.4) is 0 Å². The fourth-order valence-corrected chi connectivity index (χ4v) is 1.06. The van der Waals surface area contributed by atoms with Gasteiger partial charge in [0.05, 0.1) is 0 Å². The van der Waals surface area contributed by atoms with Gasteiger partial charge in [-0.05, 0) is 6.42 Å². The molecule has 0 aromatic heterocycles. The van der Waals surface area contributed by atoms with Crippen LogP contribution >= 0.6 is 0 Å². The Morgan fingerprint density at radius 3 is 2.38 bits per heavy atom. The van der Waals surface area contributed by atoms with Gasteiger partial charge in [-0.15, -0.1) is 11.8 Å². The summed E-state index contributed by atoms with van der Waals surface area (Å²) >= 11 is 0. The molecular weight excluding hydrogens is 155 g/mol. The first-order valence-corrected chi connectivity index (χ1v) is 5.43. The lowest BCUT2D eigenvalue weighted by molar-refractivity contribution is 0.727. The Hall–Kier alpha value is -0.375. The van der Waals surface area contributed by atoms with E-state index in [-0.39, 0.29) is 0 Å². The Balaban J connectivity index is 3.14. The average molecular weight is 177 g/mol. The molecule has 1 heteroatoms. The Kier molecular flexibility index (Phi) is 8.00. The maximum Gasteiger partial charge on any atom is 0.109 e. The summed E-state index contributed by atoms with van der Waals surface area (Å²) in [5.74, 6) is 7.72. The number of rotatable bonds is 5. The summed E-state index contributed by atoms with van der Waals surface area (Å²) in [5.41, 5.74) is 0. The molecule has 0 atom stereocenters. The van der Waals surface area contributed by atoms with E-state index >= 15 is 0 Å². The molecule has 0 aromatic carbocycles. The van der Waals surface area contributed by atoms with Crippen LogP contribution in [0.2, 0.25) is 12.6 Å². The first-order chi connectivity index (χ1) is 6.13. The SMILES string of the molecule is CC(C)C#CCCC[B]CC(C)C. The van der Waals surface area contributed by atoms with Crippen molar-refractivity contribution < 1.29 is 0 Å². The lowest BCUT2D eigenvalue weighted by Gasteiger charge is -2.00. The van der Waals surface area contributed by atoms with Crippen LogP contribution in [0, 0.1) is 23.7 Å². The van der Waals surface area contributed by atoms with Gasteiger partial charge in [0.2, 0.25) is 0 Å². The molecule has 0 aliphatic heterocycles. The van der Waals surface area contributed by atoms with Crippen molar-refractivity contribution >= 4 is 7.28 Å². The van der Waals surface area contributed by atoms with Gasteiger partial charge in [-0.25, -0.2) is 0 Å². The van der Waals surface area contributed by atoms with Crippen molar-refractivity contribution in [2.75, 3.05) is 0 Å². The third kappa shape index (κ3) is 11.6. The smallest absolute Gasteiger partial charge is 0.103 e. The van der Waals surface area contributed by atoms with Crippen LogP contribution in [0.4, 0.5) is 0 Å². The van der Waals surface area contributed by atoms with Crippen molar-refractivity contribution in [2.45, 2.75) is 53.2 Å². The summed E-state index contributed by atoms with van der Waals surface area (Å²) in [6.07, 6.45) is 4.77. The van der Waals surface area contributed by atoms with Crippen LogP contribution in [0.1, 0.15) is 40.5 Å². The molecule has 1 radical (unpaired) electrons. The first kappa shape index (κ1) is 12.6. The van der Waals surface area contributed by atoms with Crippen molar-refractivity contribution in [1.29, 1.82) is 0 Å². The predicted octanol–water partition coefficient (Wildman–Crippen LogP) is 3.62. The zero-order valence-corrected chi connectivity index (χ0v) is 9.56. The fourth-order valence-electron chi connectivity index (χ4n) is 1.06. The van der Waals surface area contributed by atoms with E-state index in [1.54, 1.807) is 0 Å². The molecule has 0 bridgehead atoms. The second kappa shape index (κ2) is 8.23. The summed E-state index contributed by atoms with van der Waals surface area (Å²) < 4.78 is 0. The van der Waals surface area contributed by atoms with E-state index in [1.807, 2.05) is 0 Å². The van der Waals surface area contributed by atoms with Crippen molar-refractivity contribution in [3.63, 3.8) is 0 Å². The minimum atomic E-state index is 0.527. The highest BCUT2D eigenvalue weighted by molar-refractivity contribution is 6.35. The Bertz CT molecular complexity index is 160. The van der Waals surface area contributed by atoms with Gasteiger partial charge < -0.3 is 0 Å². The number of hydrogen-bond acceptors (Lipinski definition) is 0. The van der Waals surface area contributed by atoms with E-state index in [0.29, 0.717) is 5.92 Å².